The third-order valence-electron chi connectivity index (χ3n) is 2.46. The summed E-state index contributed by atoms with van der Waals surface area (Å²) in [5.74, 6) is -0.693. The van der Waals surface area contributed by atoms with E-state index in [2.05, 4.69) is 15.1 Å². The molecule has 0 aliphatic carbocycles. The smallest absolute Gasteiger partial charge is 0.356 e. The quantitative estimate of drug-likeness (QED) is 0.718. The molecule has 3 aromatic rings. The summed E-state index contributed by atoms with van der Waals surface area (Å²) in [6.45, 7) is 0. The number of fused-ring (bicyclic) bond motifs is 1. The van der Waals surface area contributed by atoms with E-state index >= 15 is 0 Å². The number of nitrogens with zero attached hydrogens (tertiary/aromatic N) is 3. The lowest BCUT2D eigenvalue weighted by Crippen LogP contribution is -1.96. The predicted molar refractivity (Wildman–Crippen MR) is 59.7 cm³/mol. The molecule has 2 N–H and O–H groups in total. The summed E-state index contributed by atoms with van der Waals surface area (Å²) < 4.78 is 14.2. The summed E-state index contributed by atoms with van der Waals surface area (Å²) in [5, 5.41) is 11.6. The van der Waals surface area contributed by atoms with E-state index in [9.17, 15) is 9.18 Å². The van der Waals surface area contributed by atoms with E-state index in [4.69, 9.17) is 5.11 Å². The second-order valence-corrected chi connectivity index (χ2v) is 3.68. The maximum absolute atomic E-state index is 12.8. The largest absolute Gasteiger partial charge is 0.476 e. The first-order valence-corrected chi connectivity index (χ1v) is 5.08. The zero-order valence-electron chi connectivity index (χ0n) is 8.96. The molecular weight excluding hydrogens is 239 g/mol. The van der Waals surface area contributed by atoms with Crippen molar-refractivity contribution in [3.8, 4) is 11.4 Å². The van der Waals surface area contributed by atoms with E-state index in [0.29, 0.717) is 11.4 Å². The van der Waals surface area contributed by atoms with Crippen LogP contribution in [0.5, 0.6) is 0 Å². The second-order valence-electron chi connectivity index (χ2n) is 3.68. The summed E-state index contributed by atoms with van der Waals surface area (Å²) in [6.07, 6.45) is 1.33. The van der Waals surface area contributed by atoms with Crippen LogP contribution in [0.1, 0.15) is 10.5 Å². The summed E-state index contributed by atoms with van der Waals surface area (Å²) in [5.41, 5.74) is 0.609. The molecule has 1 aromatic carbocycles. The Bertz CT molecular complexity index is 698. The molecule has 0 bridgehead atoms. The monoisotopic (exact) mass is 246 g/mol. The summed E-state index contributed by atoms with van der Waals surface area (Å²) in [6, 6.07) is 5.80. The van der Waals surface area contributed by atoms with Crippen molar-refractivity contribution in [3.63, 3.8) is 0 Å². The normalized spacial score (nSPS) is 10.9. The van der Waals surface area contributed by atoms with Gasteiger partial charge in [-0.15, -0.1) is 0 Å². The van der Waals surface area contributed by atoms with Gasteiger partial charge in [0, 0.05) is 5.56 Å². The Hall–Kier alpha value is -2.70. The van der Waals surface area contributed by atoms with Crippen LogP contribution in [0.4, 0.5) is 4.39 Å². The molecule has 6 nitrogen and oxygen atoms in total. The van der Waals surface area contributed by atoms with Crippen LogP contribution in [-0.2, 0) is 0 Å². The maximum Gasteiger partial charge on any atom is 0.356 e. The van der Waals surface area contributed by atoms with Gasteiger partial charge in [0.25, 0.3) is 5.78 Å². The van der Waals surface area contributed by atoms with Crippen molar-refractivity contribution in [2.75, 3.05) is 0 Å². The lowest BCUT2D eigenvalue weighted by molar-refractivity contribution is 0.0691. The Labute approximate surface area is 99.7 Å². The molecule has 0 unspecified atom stereocenters. The van der Waals surface area contributed by atoms with Crippen molar-refractivity contribution in [1.82, 2.24) is 19.6 Å². The zero-order chi connectivity index (χ0) is 12.7. The van der Waals surface area contributed by atoms with Crippen molar-refractivity contribution in [3.05, 3.63) is 42.0 Å². The predicted octanol–water partition coefficient (Wildman–Crippen LogP) is 1.56. The highest BCUT2D eigenvalue weighted by molar-refractivity contribution is 5.85. The summed E-state index contributed by atoms with van der Waals surface area (Å²) in [4.78, 5) is 18.7. The van der Waals surface area contributed by atoms with E-state index in [1.807, 2.05) is 0 Å². The standard InChI is InChI=1S/C11H7FN4O2/c12-7-3-1-6(2-4-7)9-14-11-13-8(10(17)18)5-16(11)15-9/h1-5H,(H,17,18)(H,13,14,15). The fourth-order valence-corrected chi connectivity index (χ4v) is 1.61. The molecule has 0 radical (unpaired) electrons. The van der Waals surface area contributed by atoms with Crippen molar-refractivity contribution in [2.45, 2.75) is 0 Å². The SMILES string of the molecule is O=C(O)c1cn2[nH]c(-c3ccc(F)cc3)nc2n1. The van der Waals surface area contributed by atoms with Gasteiger partial charge < -0.3 is 5.11 Å². The Kier molecular flexibility index (Phi) is 2.12. The van der Waals surface area contributed by atoms with Crippen LogP contribution in [-0.4, -0.2) is 30.7 Å². The van der Waals surface area contributed by atoms with Crippen LogP contribution in [0.15, 0.2) is 30.5 Å². The van der Waals surface area contributed by atoms with E-state index < -0.39 is 5.97 Å². The van der Waals surface area contributed by atoms with Crippen LogP contribution in [0, 0.1) is 5.82 Å². The van der Waals surface area contributed by atoms with Gasteiger partial charge in [0.15, 0.2) is 11.5 Å². The summed E-state index contributed by atoms with van der Waals surface area (Å²) >= 11 is 0. The highest BCUT2D eigenvalue weighted by atomic mass is 19.1. The number of rotatable bonds is 2. The van der Waals surface area contributed by atoms with Crippen LogP contribution in [0.25, 0.3) is 17.2 Å². The van der Waals surface area contributed by atoms with Crippen molar-refractivity contribution < 1.29 is 14.3 Å². The van der Waals surface area contributed by atoms with Gasteiger partial charge in [0.1, 0.15) is 5.82 Å². The van der Waals surface area contributed by atoms with Crippen LogP contribution in [0.2, 0.25) is 0 Å². The van der Waals surface area contributed by atoms with Crippen molar-refractivity contribution in [1.29, 1.82) is 0 Å². The van der Waals surface area contributed by atoms with Gasteiger partial charge in [-0.2, -0.15) is 4.98 Å². The minimum Gasteiger partial charge on any atom is -0.476 e. The highest BCUT2D eigenvalue weighted by Gasteiger charge is 2.12. The Morgan fingerprint density at radius 2 is 2.00 bits per heavy atom. The van der Waals surface area contributed by atoms with Crippen molar-refractivity contribution in [2.24, 2.45) is 0 Å². The van der Waals surface area contributed by atoms with Gasteiger partial charge in [-0.3, -0.25) is 5.10 Å². The van der Waals surface area contributed by atoms with Gasteiger partial charge in [-0.05, 0) is 24.3 Å². The molecule has 0 spiro atoms. The van der Waals surface area contributed by atoms with E-state index in [1.54, 1.807) is 12.1 Å². The Morgan fingerprint density at radius 1 is 1.28 bits per heavy atom. The minimum atomic E-state index is -1.11. The van der Waals surface area contributed by atoms with Gasteiger partial charge >= 0.3 is 5.97 Å². The van der Waals surface area contributed by atoms with Crippen molar-refractivity contribution >= 4 is 11.7 Å². The van der Waals surface area contributed by atoms with E-state index in [0.717, 1.165) is 0 Å². The number of aromatic amines is 1. The van der Waals surface area contributed by atoms with Gasteiger partial charge in [0.2, 0.25) is 0 Å². The Morgan fingerprint density at radius 3 is 2.61 bits per heavy atom. The average Bonchev–Trinajstić information content (AvgIpc) is 2.87. The number of imidazole rings is 1. The zero-order valence-corrected chi connectivity index (χ0v) is 8.96. The number of nitrogens with one attached hydrogen (secondary N) is 1. The molecule has 0 aliphatic rings. The molecule has 7 heteroatoms. The fraction of sp³-hybridized carbons (Fsp3) is 0. The molecule has 0 amide bonds. The molecule has 2 aromatic heterocycles. The molecular formula is C11H7FN4O2. The lowest BCUT2D eigenvalue weighted by atomic mass is 10.2. The van der Waals surface area contributed by atoms with Crippen LogP contribution in [0.3, 0.4) is 0 Å². The number of H-pyrrole nitrogens is 1. The molecule has 0 fully saturated rings. The average molecular weight is 246 g/mol. The number of aromatic carboxylic acids is 1. The molecule has 0 saturated carbocycles. The van der Waals surface area contributed by atoms with E-state index in [-0.39, 0.29) is 17.3 Å². The Balaban J connectivity index is 2.06. The number of aromatic nitrogens is 4. The molecule has 3 rings (SSSR count). The van der Waals surface area contributed by atoms with Gasteiger partial charge in [0.05, 0.1) is 6.20 Å². The molecule has 2 heterocycles. The summed E-state index contributed by atoms with van der Waals surface area (Å²) in [7, 11) is 0. The molecule has 0 atom stereocenters. The highest BCUT2D eigenvalue weighted by Crippen LogP contribution is 2.16. The van der Waals surface area contributed by atoms with Gasteiger partial charge in [-0.1, -0.05) is 0 Å². The number of halogens is 1. The van der Waals surface area contributed by atoms with E-state index in [1.165, 1.54) is 22.8 Å². The van der Waals surface area contributed by atoms with Crippen LogP contribution < -0.4 is 0 Å². The number of carboxylic acids is 1. The molecule has 18 heavy (non-hydrogen) atoms. The maximum atomic E-state index is 12.8. The number of carbonyl (C=O) groups is 1. The fourth-order valence-electron chi connectivity index (χ4n) is 1.61. The van der Waals surface area contributed by atoms with Gasteiger partial charge in [-0.25, -0.2) is 18.7 Å². The van der Waals surface area contributed by atoms with Crippen LogP contribution >= 0.6 is 0 Å². The first-order valence-electron chi connectivity index (χ1n) is 5.08. The molecule has 0 aliphatic heterocycles. The third-order valence-corrected chi connectivity index (χ3v) is 2.46. The third kappa shape index (κ3) is 1.61. The first kappa shape index (κ1) is 10.5. The topological polar surface area (TPSA) is 83.3 Å². The number of carboxylic acid groups (broad SMARTS) is 1. The second kappa shape index (κ2) is 3.66. The molecule has 0 saturated heterocycles. The molecule has 90 valence electrons. The number of hydrogen-bond acceptors (Lipinski definition) is 3. The number of benzene rings is 1. The minimum absolute atomic E-state index is 0.0839. The lowest BCUT2D eigenvalue weighted by Gasteiger charge is -1.94. The first-order chi connectivity index (χ1) is 8.63. The number of hydrogen-bond donors (Lipinski definition) is 2.